The van der Waals surface area contributed by atoms with Gasteiger partial charge in [0.15, 0.2) is 5.65 Å². The predicted molar refractivity (Wildman–Crippen MR) is 99.4 cm³/mol. The Morgan fingerprint density at radius 2 is 1.80 bits per heavy atom. The molecule has 25 heavy (non-hydrogen) atoms. The van der Waals surface area contributed by atoms with Crippen LogP contribution in [0.3, 0.4) is 0 Å². The van der Waals surface area contributed by atoms with Crippen LogP contribution in [0.5, 0.6) is 5.75 Å². The lowest BCUT2D eigenvalue weighted by atomic mass is 10.1. The molecule has 1 aliphatic rings. The van der Waals surface area contributed by atoms with Crippen molar-refractivity contribution < 1.29 is 4.74 Å². The summed E-state index contributed by atoms with van der Waals surface area (Å²) in [6, 6.07) is 12.1. The highest BCUT2D eigenvalue weighted by atomic mass is 16.5. The van der Waals surface area contributed by atoms with E-state index in [4.69, 9.17) is 9.84 Å². The minimum atomic E-state index is 0.823. The molecule has 1 aliphatic heterocycles. The molecule has 6 nitrogen and oxygen atoms in total. The van der Waals surface area contributed by atoms with Gasteiger partial charge in [0.05, 0.1) is 12.8 Å². The molecule has 0 unspecified atom stereocenters. The Balaban J connectivity index is 1.81. The van der Waals surface area contributed by atoms with Gasteiger partial charge in [-0.3, -0.25) is 0 Å². The van der Waals surface area contributed by atoms with Gasteiger partial charge in [-0.05, 0) is 26.1 Å². The van der Waals surface area contributed by atoms with Crippen LogP contribution in [0.4, 0.5) is 5.82 Å². The molecule has 1 saturated heterocycles. The van der Waals surface area contributed by atoms with Gasteiger partial charge in [0.2, 0.25) is 0 Å². The molecule has 0 spiro atoms. The van der Waals surface area contributed by atoms with Crippen molar-refractivity contribution in [2.45, 2.75) is 6.92 Å². The van der Waals surface area contributed by atoms with Gasteiger partial charge in [-0.25, -0.2) is 4.98 Å². The van der Waals surface area contributed by atoms with Crippen molar-refractivity contribution in [3.8, 4) is 17.0 Å². The van der Waals surface area contributed by atoms with Crippen molar-refractivity contribution in [1.29, 1.82) is 0 Å². The number of aryl methyl sites for hydroxylation is 1. The van der Waals surface area contributed by atoms with Gasteiger partial charge in [-0.1, -0.05) is 12.1 Å². The molecule has 0 aliphatic carbocycles. The van der Waals surface area contributed by atoms with Gasteiger partial charge in [0.1, 0.15) is 11.6 Å². The Hall–Kier alpha value is -2.60. The van der Waals surface area contributed by atoms with E-state index < -0.39 is 0 Å². The average molecular weight is 337 g/mol. The Bertz CT molecular complexity index is 896. The molecule has 0 radical (unpaired) electrons. The molecule has 1 fully saturated rings. The number of ether oxygens (including phenoxy) is 1. The third kappa shape index (κ3) is 2.93. The first-order chi connectivity index (χ1) is 12.2. The third-order valence-corrected chi connectivity index (χ3v) is 4.75. The van der Waals surface area contributed by atoms with Crippen LogP contribution in [0, 0.1) is 6.92 Å². The number of benzene rings is 1. The lowest BCUT2D eigenvalue weighted by molar-refractivity contribution is 0.311. The van der Waals surface area contributed by atoms with Crippen LogP contribution in [-0.4, -0.2) is 59.8 Å². The quantitative estimate of drug-likeness (QED) is 0.735. The molecular weight excluding hydrogens is 314 g/mol. The topological polar surface area (TPSA) is 45.9 Å². The highest BCUT2D eigenvalue weighted by molar-refractivity contribution is 5.71. The molecule has 1 aromatic carbocycles. The van der Waals surface area contributed by atoms with Crippen molar-refractivity contribution >= 4 is 11.5 Å². The SMILES string of the molecule is COc1ccccc1-c1cc2nc(C)cc(N3CCN(C)CC3)n2n1. The van der Waals surface area contributed by atoms with E-state index in [2.05, 4.69) is 27.9 Å². The fourth-order valence-electron chi connectivity index (χ4n) is 3.33. The minimum absolute atomic E-state index is 0.823. The number of anilines is 1. The number of likely N-dealkylation sites (N-methyl/N-ethyl adjacent to an activating group) is 1. The second-order valence-corrected chi connectivity index (χ2v) is 6.55. The molecule has 3 aromatic rings. The molecule has 6 heteroatoms. The van der Waals surface area contributed by atoms with Crippen LogP contribution in [0.2, 0.25) is 0 Å². The normalized spacial score (nSPS) is 15.7. The summed E-state index contributed by atoms with van der Waals surface area (Å²) in [5, 5.41) is 4.85. The summed E-state index contributed by atoms with van der Waals surface area (Å²) in [7, 11) is 3.85. The summed E-state index contributed by atoms with van der Waals surface area (Å²) in [4.78, 5) is 9.41. The van der Waals surface area contributed by atoms with Crippen LogP contribution >= 0.6 is 0 Å². The molecule has 0 bridgehead atoms. The highest BCUT2D eigenvalue weighted by Crippen LogP contribution is 2.30. The zero-order chi connectivity index (χ0) is 17.4. The number of hydrogen-bond donors (Lipinski definition) is 0. The van der Waals surface area contributed by atoms with E-state index >= 15 is 0 Å². The molecule has 0 saturated carbocycles. The second kappa shape index (κ2) is 6.37. The van der Waals surface area contributed by atoms with E-state index in [0.717, 1.165) is 60.3 Å². The van der Waals surface area contributed by atoms with Crippen LogP contribution < -0.4 is 9.64 Å². The van der Waals surface area contributed by atoms with Crippen LogP contribution in [0.25, 0.3) is 16.9 Å². The van der Waals surface area contributed by atoms with Crippen molar-refractivity contribution in [2.75, 3.05) is 45.2 Å². The summed E-state index contributed by atoms with van der Waals surface area (Å²) in [5.41, 5.74) is 3.74. The number of nitrogens with zero attached hydrogens (tertiary/aromatic N) is 5. The summed E-state index contributed by atoms with van der Waals surface area (Å²) >= 11 is 0. The Labute approximate surface area is 147 Å². The van der Waals surface area contributed by atoms with E-state index in [1.807, 2.05) is 41.8 Å². The Morgan fingerprint density at radius 1 is 1.04 bits per heavy atom. The Kier molecular flexibility index (Phi) is 4.05. The van der Waals surface area contributed by atoms with Crippen LogP contribution in [0.1, 0.15) is 5.69 Å². The van der Waals surface area contributed by atoms with Gasteiger partial charge in [-0.15, -0.1) is 0 Å². The summed E-state index contributed by atoms with van der Waals surface area (Å²) in [5.74, 6) is 1.93. The lowest BCUT2D eigenvalue weighted by Gasteiger charge is -2.34. The van der Waals surface area contributed by atoms with Crippen molar-refractivity contribution in [1.82, 2.24) is 19.5 Å². The van der Waals surface area contributed by atoms with Crippen molar-refractivity contribution in [2.24, 2.45) is 0 Å². The number of hydrogen-bond acceptors (Lipinski definition) is 5. The largest absolute Gasteiger partial charge is 0.496 e. The first-order valence-corrected chi connectivity index (χ1v) is 8.60. The zero-order valence-electron chi connectivity index (χ0n) is 14.9. The fraction of sp³-hybridized carbons (Fsp3) is 0.368. The first kappa shape index (κ1) is 15.9. The third-order valence-electron chi connectivity index (χ3n) is 4.75. The molecule has 2 aromatic heterocycles. The average Bonchev–Trinajstić information content (AvgIpc) is 3.05. The van der Waals surface area contributed by atoms with E-state index in [1.54, 1.807) is 7.11 Å². The van der Waals surface area contributed by atoms with Gasteiger partial charge in [0.25, 0.3) is 0 Å². The number of rotatable bonds is 3. The molecular formula is C19H23N5O. The van der Waals surface area contributed by atoms with E-state index in [1.165, 1.54) is 0 Å². The molecule has 130 valence electrons. The molecule has 3 heterocycles. The fourth-order valence-corrected chi connectivity index (χ4v) is 3.33. The molecule has 0 N–H and O–H groups in total. The number of aromatic nitrogens is 3. The molecule has 4 rings (SSSR count). The van der Waals surface area contributed by atoms with Crippen molar-refractivity contribution in [3.05, 3.63) is 42.1 Å². The maximum absolute atomic E-state index is 5.49. The first-order valence-electron chi connectivity index (χ1n) is 8.60. The predicted octanol–water partition coefficient (Wildman–Crippen LogP) is 2.47. The highest BCUT2D eigenvalue weighted by Gasteiger charge is 2.19. The summed E-state index contributed by atoms with van der Waals surface area (Å²) in [6.07, 6.45) is 0. The monoisotopic (exact) mass is 337 g/mol. The smallest absolute Gasteiger partial charge is 0.158 e. The lowest BCUT2D eigenvalue weighted by Crippen LogP contribution is -2.45. The second-order valence-electron chi connectivity index (χ2n) is 6.55. The zero-order valence-corrected chi connectivity index (χ0v) is 14.9. The number of para-hydroxylation sites is 1. The van der Waals surface area contributed by atoms with E-state index in [0.29, 0.717) is 0 Å². The molecule has 0 amide bonds. The van der Waals surface area contributed by atoms with Crippen molar-refractivity contribution in [3.63, 3.8) is 0 Å². The van der Waals surface area contributed by atoms with E-state index in [9.17, 15) is 0 Å². The Morgan fingerprint density at radius 3 is 2.56 bits per heavy atom. The summed E-state index contributed by atoms with van der Waals surface area (Å²) in [6.45, 7) is 6.15. The van der Waals surface area contributed by atoms with Gasteiger partial charge in [-0.2, -0.15) is 9.61 Å². The standard InChI is InChI=1S/C19H23N5O/c1-14-12-19(23-10-8-22(2)9-11-23)24-18(20-14)13-16(21-24)15-6-4-5-7-17(15)25-3/h4-7,12-13H,8-11H2,1-3H3. The maximum Gasteiger partial charge on any atom is 0.158 e. The number of fused-ring (bicyclic) bond motifs is 1. The van der Waals surface area contributed by atoms with Crippen LogP contribution in [-0.2, 0) is 0 Å². The number of piperazine rings is 1. The van der Waals surface area contributed by atoms with Gasteiger partial charge in [0, 0.05) is 49.6 Å². The molecule has 0 atom stereocenters. The van der Waals surface area contributed by atoms with Gasteiger partial charge < -0.3 is 14.5 Å². The maximum atomic E-state index is 5.49. The number of methoxy groups -OCH3 is 1. The summed E-state index contributed by atoms with van der Waals surface area (Å²) < 4.78 is 7.45. The van der Waals surface area contributed by atoms with E-state index in [-0.39, 0.29) is 0 Å². The minimum Gasteiger partial charge on any atom is -0.496 e. The van der Waals surface area contributed by atoms with Crippen LogP contribution in [0.15, 0.2) is 36.4 Å². The van der Waals surface area contributed by atoms with Gasteiger partial charge >= 0.3 is 0 Å².